The van der Waals surface area contributed by atoms with Gasteiger partial charge in [0.05, 0.1) is 6.54 Å². The zero-order valence-corrected chi connectivity index (χ0v) is 21.0. The average Bonchev–Trinajstić information content (AvgIpc) is 3.10. The molecule has 3 heterocycles. The minimum absolute atomic E-state index is 0.145. The highest BCUT2D eigenvalue weighted by molar-refractivity contribution is 6.05. The summed E-state index contributed by atoms with van der Waals surface area (Å²) in [4.78, 5) is 52.3. The molecule has 34 heavy (non-hydrogen) atoms. The third-order valence-corrected chi connectivity index (χ3v) is 6.38. The van der Waals surface area contributed by atoms with Crippen LogP contribution in [0, 0.1) is 0 Å². The van der Waals surface area contributed by atoms with Crippen molar-refractivity contribution in [1.29, 1.82) is 0 Å². The third kappa shape index (κ3) is 6.03. The lowest BCUT2D eigenvalue weighted by Crippen LogP contribution is -2.52. The summed E-state index contributed by atoms with van der Waals surface area (Å²) in [5.74, 6) is -0.639. The Balaban J connectivity index is 0.00000158. The molecule has 0 aliphatic carbocycles. The molecule has 3 aliphatic heterocycles. The minimum Gasteiger partial charge on any atom is -0.459 e. The Morgan fingerprint density at radius 3 is 2.38 bits per heavy atom. The molecule has 0 spiro atoms. The van der Waals surface area contributed by atoms with E-state index >= 15 is 0 Å². The van der Waals surface area contributed by atoms with Crippen molar-refractivity contribution < 1.29 is 23.9 Å². The maximum Gasteiger partial charge on any atom is 0.320 e. The van der Waals surface area contributed by atoms with Gasteiger partial charge in [-0.15, -0.1) is 0 Å². The summed E-state index contributed by atoms with van der Waals surface area (Å²) in [7, 11) is 0. The van der Waals surface area contributed by atoms with E-state index in [9.17, 15) is 19.2 Å². The van der Waals surface area contributed by atoms with Crippen LogP contribution in [0.1, 0.15) is 87.7 Å². The first-order chi connectivity index (χ1) is 16.1. The predicted octanol–water partition coefficient (Wildman–Crippen LogP) is 2.99. The van der Waals surface area contributed by atoms with Crippen molar-refractivity contribution in [1.82, 2.24) is 15.1 Å². The van der Waals surface area contributed by atoms with Crippen LogP contribution in [0.4, 0.5) is 0 Å². The van der Waals surface area contributed by atoms with Crippen molar-refractivity contribution in [3.63, 3.8) is 0 Å². The first kappa shape index (κ1) is 25.9. The lowest BCUT2D eigenvalue weighted by Gasteiger charge is -2.32. The van der Waals surface area contributed by atoms with E-state index in [0.29, 0.717) is 31.0 Å². The van der Waals surface area contributed by atoms with Gasteiger partial charge in [0.1, 0.15) is 11.6 Å². The second-order valence-corrected chi connectivity index (χ2v) is 9.95. The summed E-state index contributed by atoms with van der Waals surface area (Å²) < 4.78 is 5.42. The Morgan fingerprint density at radius 1 is 1.09 bits per heavy atom. The van der Waals surface area contributed by atoms with Crippen LogP contribution in [0.3, 0.4) is 0 Å². The molecular formula is C26H37N3O5. The smallest absolute Gasteiger partial charge is 0.320 e. The Morgan fingerprint density at radius 2 is 1.76 bits per heavy atom. The number of esters is 1. The normalized spacial score (nSPS) is 21.5. The number of piperidine rings is 2. The van der Waals surface area contributed by atoms with Gasteiger partial charge in [0.2, 0.25) is 11.8 Å². The molecule has 0 bridgehead atoms. The summed E-state index contributed by atoms with van der Waals surface area (Å²) in [5, 5.41) is 2.34. The highest BCUT2D eigenvalue weighted by Gasteiger charge is 2.39. The van der Waals surface area contributed by atoms with Gasteiger partial charge in [-0.1, -0.05) is 26.0 Å². The summed E-state index contributed by atoms with van der Waals surface area (Å²) in [6.07, 6.45) is 2.50. The standard InChI is InChI=1S/C24H31N3O5.C2H6/c1-24(2,3)32-21(29)14-26-10-8-15(9-11-26)16-4-5-18-17(12-16)13-27(23(18)31)19-6-7-20(28)25-22(19)30;1-2/h4-5,12,15,19H,6-11,13-14H2,1-3H3,(H,25,28,30);1-2H3. The molecule has 2 saturated heterocycles. The van der Waals surface area contributed by atoms with Gasteiger partial charge < -0.3 is 9.64 Å². The average molecular weight is 472 g/mol. The van der Waals surface area contributed by atoms with E-state index in [2.05, 4.69) is 16.3 Å². The molecule has 0 radical (unpaired) electrons. The number of rotatable bonds is 4. The number of benzene rings is 1. The predicted molar refractivity (Wildman–Crippen MR) is 128 cm³/mol. The van der Waals surface area contributed by atoms with Crippen LogP contribution in [0.25, 0.3) is 0 Å². The lowest BCUT2D eigenvalue weighted by molar-refractivity contribution is -0.156. The zero-order valence-electron chi connectivity index (χ0n) is 21.0. The Hall–Kier alpha value is -2.74. The molecule has 0 saturated carbocycles. The van der Waals surface area contributed by atoms with Crippen LogP contribution < -0.4 is 5.32 Å². The van der Waals surface area contributed by atoms with E-state index in [1.165, 1.54) is 5.56 Å². The van der Waals surface area contributed by atoms with Gasteiger partial charge in [-0.2, -0.15) is 0 Å². The fourth-order valence-corrected chi connectivity index (χ4v) is 4.83. The number of hydrogen-bond donors (Lipinski definition) is 1. The van der Waals surface area contributed by atoms with Crippen LogP contribution >= 0.6 is 0 Å². The van der Waals surface area contributed by atoms with Crippen molar-refractivity contribution in [2.24, 2.45) is 0 Å². The van der Waals surface area contributed by atoms with Gasteiger partial charge in [0.25, 0.3) is 5.91 Å². The number of carbonyl (C=O) groups excluding carboxylic acids is 4. The van der Waals surface area contributed by atoms with Crippen molar-refractivity contribution in [3.8, 4) is 0 Å². The summed E-state index contributed by atoms with van der Waals surface area (Å²) in [5.41, 5.74) is 2.30. The van der Waals surface area contributed by atoms with Gasteiger partial charge in [0.15, 0.2) is 0 Å². The molecule has 1 N–H and O–H groups in total. The second-order valence-electron chi connectivity index (χ2n) is 9.95. The van der Waals surface area contributed by atoms with Gasteiger partial charge in [-0.05, 0) is 76.2 Å². The molecule has 3 aliphatic rings. The van der Waals surface area contributed by atoms with E-state index in [1.54, 1.807) is 4.90 Å². The molecule has 186 valence electrons. The molecule has 1 atom stereocenters. The molecule has 1 aromatic carbocycles. The maximum atomic E-state index is 12.9. The fraction of sp³-hybridized carbons (Fsp3) is 0.615. The summed E-state index contributed by atoms with van der Waals surface area (Å²) in [6.45, 7) is 12.0. The Bertz CT molecular complexity index is 944. The number of ether oxygens (including phenoxy) is 1. The van der Waals surface area contributed by atoms with Gasteiger partial charge in [-0.25, -0.2) is 0 Å². The van der Waals surface area contributed by atoms with E-state index < -0.39 is 11.6 Å². The molecule has 8 heteroatoms. The molecule has 8 nitrogen and oxygen atoms in total. The first-order valence-electron chi connectivity index (χ1n) is 12.3. The van der Waals surface area contributed by atoms with Crippen molar-refractivity contribution >= 4 is 23.7 Å². The van der Waals surface area contributed by atoms with E-state index in [-0.39, 0.29) is 30.1 Å². The fourth-order valence-electron chi connectivity index (χ4n) is 4.83. The SMILES string of the molecule is CC.CC(C)(C)OC(=O)CN1CCC(c2ccc3c(c2)CN(C2CCC(=O)NC2=O)C3=O)CC1. The van der Waals surface area contributed by atoms with Crippen molar-refractivity contribution in [3.05, 3.63) is 34.9 Å². The molecular weight excluding hydrogens is 434 g/mol. The van der Waals surface area contributed by atoms with Gasteiger partial charge >= 0.3 is 5.97 Å². The van der Waals surface area contributed by atoms with Crippen LogP contribution in [-0.4, -0.2) is 64.8 Å². The number of carbonyl (C=O) groups is 4. The topological polar surface area (TPSA) is 96.0 Å². The Kier molecular flexibility index (Phi) is 8.13. The maximum absolute atomic E-state index is 12.9. The van der Waals surface area contributed by atoms with Gasteiger partial charge in [-0.3, -0.25) is 29.4 Å². The number of amides is 3. The molecule has 2 fully saturated rings. The van der Waals surface area contributed by atoms with E-state index in [1.807, 2.05) is 46.8 Å². The number of fused-ring (bicyclic) bond motifs is 1. The number of nitrogens with zero attached hydrogens (tertiary/aromatic N) is 2. The lowest BCUT2D eigenvalue weighted by atomic mass is 9.88. The van der Waals surface area contributed by atoms with Crippen molar-refractivity contribution in [2.75, 3.05) is 19.6 Å². The van der Waals surface area contributed by atoms with Crippen LogP contribution in [0.2, 0.25) is 0 Å². The van der Waals surface area contributed by atoms with Crippen molar-refractivity contribution in [2.45, 2.75) is 84.4 Å². The number of likely N-dealkylation sites (tertiary alicyclic amines) is 1. The number of nitrogens with one attached hydrogen (secondary N) is 1. The third-order valence-electron chi connectivity index (χ3n) is 6.38. The number of imide groups is 1. The monoisotopic (exact) mass is 471 g/mol. The molecule has 0 aromatic heterocycles. The molecule has 4 rings (SSSR count). The largest absolute Gasteiger partial charge is 0.459 e. The Labute approximate surface area is 202 Å². The van der Waals surface area contributed by atoms with Crippen LogP contribution in [-0.2, 0) is 25.7 Å². The zero-order chi connectivity index (χ0) is 25.0. The minimum atomic E-state index is -0.591. The number of hydrogen-bond acceptors (Lipinski definition) is 6. The second kappa shape index (κ2) is 10.7. The summed E-state index contributed by atoms with van der Waals surface area (Å²) in [6, 6.07) is 5.38. The van der Waals surface area contributed by atoms with Crippen LogP contribution in [0.15, 0.2) is 18.2 Å². The molecule has 3 amide bonds. The highest BCUT2D eigenvalue weighted by Crippen LogP contribution is 2.33. The summed E-state index contributed by atoms with van der Waals surface area (Å²) >= 11 is 0. The van der Waals surface area contributed by atoms with E-state index in [0.717, 1.165) is 31.5 Å². The highest BCUT2D eigenvalue weighted by atomic mass is 16.6. The van der Waals surface area contributed by atoms with Gasteiger partial charge in [0, 0.05) is 18.5 Å². The molecule has 1 unspecified atom stereocenters. The quantitative estimate of drug-likeness (QED) is 0.536. The van der Waals surface area contributed by atoms with Crippen LogP contribution in [0.5, 0.6) is 0 Å². The molecule has 1 aromatic rings. The first-order valence-corrected chi connectivity index (χ1v) is 12.3. The van der Waals surface area contributed by atoms with E-state index in [4.69, 9.17) is 4.74 Å².